The molecule has 0 saturated heterocycles. The summed E-state index contributed by atoms with van der Waals surface area (Å²) in [5.74, 6) is -1.14. The van der Waals surface area contributed by atoms with Crippen molar-refractivity contribution < 1.29 is 28.6 Å². The van der Waals surface area contributed by atoms with Crippen LogP contribution in [0, 0.1) is 0 Å². The van der Waals surface area contributed by atoms with Gasteiger partial charge in [-0.3, -0.25) is 4.79 Å². The van der Waals surface area contributed by atoms with Crippen LogP contribution in [0.15, 0.2) is 42.5 Å². The van der Waals surface area contributed by atoms with Gasteiger partial charge in [0, 0.05) is 12.2 Å². The number of para-hydroxylation sites is 1. The van der Waals surface area contributed by atoms with Gasteiger partial charge in [0.25, 0.3) is 5.91 Å². The largest absolute Gasteiger partial charge is 0.481 e. The summed E-state index contributed by atoms with van der Waals surface area (Å²) >= 11 is 0. The van der Waals surface area contributed by atoms with Crippen molar-refractivity contribution in [3.63, 3.8) is 0 Å². The zero-order chi connectivity index (χ0) is 21.7. The lowest BCUT2D eigenvalue weighted by molar-refractivity contribution is -0.124. The van der Waals surface area contributed by atoms with Crippen LogP contribution >= 0.6 is 0 Å². The van der Waals surface area contributed by atoms with E-state index in [0.717, 1.165) is 17.7 Å². The molecule has 30 heavy (non-hydrogen) atoms. The molecule has 0 aliphatic carbocycles. The van der Waals surface area contributed by atoms with E-state index in [1.807, 2.05) is 24.3 Å². The number of benzene rings is 2. The minimum absolute atomic E-state index is 0.156. The van der Waals surface area contributed by atoms with E-state index in [1.54, 1.807) is 25.7 Å². The van der Waals surface area contributed by atoms with Gasteiger partial charge in [-0.2, -0.15) is 0 Å². The Hall–Kier alpha value is -3.35. The minimum Gasteiger partial charge on any atom is -0.481 e. The molecule has 2 aromatic carbocycles. The van der Waals surface area contributed by atoms with Gasteiger partial charge in [0.1, 0.15) is 5.75 Å². The van der Waals surface area contributed by atoms with Crippen molar-refractivity contribution in [1.29, 1.82) is 0 Å². The normalized spacial score (nSPS) is 13.4. The summed E-state index contributed by atoms with van der Waals surface area (Å²) in [5.41, 5.74) is 2.31. The van der Waals surface area contributed by atoms with E-state index in [2.05, 4.69) is 0 Å². The van der Waals surface area contributed by atoms with Gasteiger partial charge < -0.3 is 19.1 Å². The Bertz CT molecular complexity index is 918. The number of anilines is 1. The van der Waals surface area contributed by atoms with E-state index in [0.29, 0.717) is 6.54 Å². The van der Waals surface area contributed by atoms with Gasteiger partial charge in [-0.25, -0.2) is 9.59 Å². The fourth-order valence-corrected chi connectivity index (χ4v) is 3.37. The SMILES string of the molecule is CCOC(=O)c1cc(OC(C)C(=O)N2CCc3ccccc32)cc(C(=O)OCC)c1. The molecule has 1 amide bonds. The topological polar surface area (TPSA) is 82.1 Å². The highest BCUT2D eigenvalue weighted by atomic mass is 16.5. The zero-order valence-corrected chi connectivity index (χ0v) is 17.3. The maximum atomic E-state index is 13.0. The van der Waals surface area contributed by atoms with Crippen molar-refractivity contribution in [3.05, 3.63) is 59.2 Å². The van der Waals surface area contributed by atoms with Crippen LogP contribution in [0.4, 0.5) is 5.69 Å². The molecule has 0 N–H and O–H groups in total. The van der Waals surface area contributed by atoms with Crippen LogP contribution in [0.5, 0.6) is 5.75 Å². The van der Waals surface area contributed by atoms with Crippen molar-refractivity contribution in [2.45, 2.75) is 33.3 Å². The summed E-state index contributed by atoms with van der Waals surface area (Å²) in [5, 5.41) is 0. The van der Waals surface area contributed by atoms with E-state index in [9.17, 15) is 14.4 Å². The fourth-order valence-electron chi connectivity index (χ4n) is 3.37. The number of carbonyl (C=O) groups is 3. The number of esters is 2. The summed E-state index contributed by atoms with van der Waals surface area (Å²) in [7, 11) is 0. The lowest BCUT2D eigenvalue weighted by Crippen LogP contribution is -2.39. The van der Waals surface area contributed by atoms with Gasteiger partial charge in [0.15, 0.2) is 6.10 Å². The van der Waals surface area contributed by atoms with E-state index in [4.69, 9.17) is 14.2 Å². The average molecular weight is 411 g/mol. The first-order valence-corrected chi connectivity index (χ1v) is 9.99. The maximum absolute atomic E-state index is 13.0. The molecule has 1 atom stereocenters. The molecule has 3 rings (SSSR count). The van der Waals surface area contributed by atoms with Crippen LogP contribution in [0.3, 0.4) is 0 Å². The third-order valence-corrected chi connectivity index (χ3v) is 4.74. The smallest absolute Gasteiger partial charge is 0.338 e. The molecule has 0 saturated carbocycles. The molecule has 0 aromatic heterocycles. The van der Waals surface area contributed by atoms with Crippen LogP contribution in [-0.4, -0.2) is 43.7 Å². The number of nitrogens with zero attached hydrogens (tertiary/aromatic N) is 1. The summed E-state index contributed by atoms with van der Waals surface area (Å²) in [6.07, 6.45) is -0.0244. The van der Waals surface area contributed by atoms with Crippen LogP contribution in [0.1, 0.15) is 47.1 Å². The van der Waals surface area contributed by atoms with Crippen LogP contribution < -0.4 is 9.64 Å². The Morgan fingerprint density at radius 2 is 1.57 bits per heavy atom. The number of ether oxygens (including phenoxy) is 3. The quantitative estimate of drug-likeness (QED) is 0.650. The molecular weight excluding hydrogens is 386 g/mol. The second-order valence-corrected chi connectivity index (χ2v) is 6.82. The van der Waals surface area contributed by atoms with Gasteiger partial charge in [-0.1, -0.05) is 18.2 Å². The van der Waals surface area contributed by atoms with Gasteiger partial charge in [-0.05, 0) is 57.0 Å². The highest BCUT2D eigenvalue weighted by molar-refractivity contribution is 5.99. The standard InChI is InChI=1S/C23H25NO6/c1-4-28-22(26)17-12-18(23(27)29-5-2)14-19(13-17)30-15(3)21(25)24-11-10-16-8-6-7-9-20(16)24/h6-9,12-15H,4-5,10-11H2,1-3H3. The van der Waals surface area contributed by atoms with Crippen molar-refractivity contribution >= 4 is 23.5 Å². The Morgan fingerprint density at radius 1 is 0.967 bits per heavy atom. The van der Waals surface area contributed by atoms with Crippen LogP contribution in [0.2, 0.25) is 0 Å². The summed E-state index contributed by atoms with van der Waals surface area (Å²) < 4.78 is 15.9. The monoisotopic (exact) mass is 411 g/mol. The average Bonchev–Trinajstić information content (AvgIpc) is 3.17. The lowest BCUT2D eigenvalue weighted by Gasteiger charge is -2.22. The Balaban J connectivity index is 1.83. The van der Waals surface area contributed by atoms with Crippen molar-refractivity contribution in [1.82, 2.24) is 0 Å². The minimum atomic E-state index is -0.816. The van der Waals surface area contributed by atoms with Crippen molar-refractivity contribution in [2.75, 3.05) is 24.7 Å². The van der Waals surface area contributed by atoms with E-state index in [-0.39, 0.29) is 36.0 Å². The Morgan fingerprint density at radius 3 is 2.17 bits per heavy atom. The first kappa shape index (κ1) is 21.4. The summed E-state index contributed by atoms with van der Waals surface area (Å²) in [6, 6.07) is 12.1. The molecule has 7 nitrogen and oxygen atoms in total. The molecule has 2 aromatic rings. The second-order valence-electron chi connectivity index (χ2n) is 6.82. The van der Waals surface area contributed by atoms with Crippen LogP contribution in [-0.2, 0) is 20.7 Å². The third kappa shape index (κ3) is 4.62. The molecule has 1 heterocycles. The molecule has 1 unspecified atom stereocenters. The summed E-state index contributed by atoms with van der Waals surface area (Å²) in [4.78, 5) is 39.0. The van der Waals surface area contributed by atoms with Crippen molar-refractivity contribution in [3.8, 4) is 5.75 Å². The van der Waals surface area contributed by atoms with E-state index in [1.165, 1.54) is 18.2 Å². The first-order valence-electron chi connectivity index (χ1n) is 9.99. The highest BCUT2D eigenvalue weighted by Crippen LogP contribution is 2.29. The Labute approximate surface area is 175 Å². The van der Waals surface area contributed by atoms with Gasteiger partial charge in [-0.15, -0.1) is 0 Å². The number of hydrogen-bond donors (Lipinski definition) is 0. The predicted molar refractivity (Wildman–Crippen MR) is 111 cm³/mol. The lowest BCUT2D eigenvalue weighted by atomic mass is 10.1. The summed E-state index contributed by atoms with van der Waals surface area (Å²) in [6.45, 7) is 6.01. The van der Waals surface area contributed by atoms with Crippen molar-refractivity contribution in [2.24, 2.45) is 0 Å². The molecule has 158 valence electrons. The molecule has 7 heteroatoms. The fraction of sp³-hybridized carbons (Fsp3) is 0.348. The highest BCUT2D eigenvalue weighted by Gasteiger charge is 2.29. The molecular formula is C23H25NO6. The zero-order valence-electron chi connectivity index (χ0n) is 17.3. The molecule has 1 aliphatic rings. The molecule has 0 fully saturated rings. The van der Waals surface area contributed by atoms with Gasteiger partial charge in [0.05, 0.1) is 24.3 Å². The van der Waals surface area contributed by atoms with Crippen LogP contribution in [0.25, 0.3) is 0 Å². The number of hydrogen-bond acceptors (Lipinski definition) is 6. The molecule has 0 spiro atoms. The van der Waals surface area contributed by atoms with Gasteiger partial charge in [0.2, 0.25) is 0 Å². The Kier molecular flexibility index (Phi) is 6.72. The van der Waals surface area contributed by atoms with E-state index >= 15 is 0 Å². The second kappa shape index (κ2) is 9.43. The number of rotatable bonds is 7. The number of carbonyl (C=O) groups excluding carboxylic acids is 3. The number of amides is 1. The molecule has 0 radical (unpaired) electrons. The van der Waals surface area contributed by atoms with Gasteiger partial charge >= 0.3 is 11.9 Å². The maximum Gasteiger partial charge on any atom is 0.338 e. The molecule has 1 aliphatic heterocycles. The number of fused-ring (bicyclic) bond motifs is 1. The first-order chi connectivity index (χ1) is 14.4. The third-order valence-electron chi connectivity index (χ3n) is 4.74. The van der Waals surface area contributed by atoms with E-state index < -0.39 is 18.0 Å². The molecule has 0 bridgehead atoms. The predicted octanol–water partition coefficient (Wildman–Crippen LogP) is 3.40.